The van der Waals surface area contributed by atoms with Crippen LogP contribution >= 0.6 is 0 Å². The van der Waals surface area contributed by atoms with Crippen molar-refractivity contribution in [2.75, 3.05) is 0 Å². The van der Waals surface area contributed by atoms with Gasteiger partial charge in [0, 0.05) is 11.8 Å². The van der Waals surface area contributed by atoms with Crippen LogP contribution in [-0.4, -0.2) is 5.78 Å². The monoisotopic (exact) mass is 272 g/mol. The van der Waals surface area contributed by atoms with E-state index in [0.29, 0.717) is 10.9 Å². The second-order valence-corrected chi connectivity index (χ2v) is 4.46. The van der Waals surface area contributed by atoms with Crippen molar-refractivity contribution in [3.8, 4) is 0 Å². The van der Waals surface area contributed by atoms with Crippen LogP contribution in [0.3, 0.4) is 0 Å². The predicted molar refractivity (Wildman–Crippen MR) is 70.6 cm³/mol. The molecular weight excluding hydrogens is 262 g/mol. The molecule has 3 rings (SSSR count). The number of ketones is 1. The van der Waals surface area contributed by atoms with Crippen molar-refractivity contribution in [3.05, 3.63) is 71.5 Å². The Morgan fingerprint density at radius 1 is 1.00 bits per heavy atom. The minimum Gasteiger partial charge on any atom is -0.450 e. The topological polar surface area (TPSA) is 30.2 Å². The Kier molecular flexibility index (Phi) is 3.06. The lowest BCUT2D eigenvalue weighted by molar-refractivity contribution is 0.0967. The third-order valence-electron chi connectivity index (χ3n) is 3.08. The van der Waals surface area contributed by atoms with Crippen LogP contribution in [0.1, 0.15) is 16.1 Å². The van der Waals surface area contributed by atoms with Crippen LogP contribution in [0.15, 0.2) is 52.9 Å². The van der Waals surface area contributed by atoms with Crippen molar-refractivity contribution < 1.29 is 18.0 Å². The van der Waals surface area contributed by atoms with E-state index in [1.165, 1.54) is 30.3 Å². The highest BCUT2D eigenvalue weighted by molar-refractivity contribution is 5.98. The van der Waals surface area contributed by atoms with Crippen LogP contribution in [0.2, 0.25) is 0 Å². The molecule has 0 aliphatic rings. The molecule has 0 fully saturated rings. The molecule has 3 aromatic rings. The highest BCUT2D eigenvalue weighted by Crippen LogP contribution is 2.23. The van der Waals surface area contributed by atoms with E-state index in [1.807, 2.05) is 0 Å². The van der Waals surface area contributed by atoms with E-state index in [0.717, 1.165) is 0 Å². The first kappa shape index (κ1) is 12.5. The molecule has 0 aliphatic carbocycles. The number of rotatable bonds is 3. The number of halogens is 2. The molecule has 0 amide bonds. The van der Waals surface area contributed by atoms with Gasteiger partial charge in [-0.3, -0.25) is 4.79 Å². The molecule has 4 heteroatoms. The minimum absolute atomic E-state index is 0.0355. The fourth-order valence-corrected chi connectivity index (χ4v) is 2.07. The maximum Gasteiger partial charge on any atom is 0.202 e. The SMILES string of the molecule is O=C(Cc1ccccc1F)c1cc2cccc(F)c2o1. The molecule has 0 bridgehead atoms. The molecule has 0 saturated carbocycles. The van der Waals surface area contributed by atoms with E-state index in [4.69, 9.17) is 4.42 Å². The average Bonchev–Trinajstić information content (AvgIpc) is 2.87. The smallest absolute Gasteiger partial charge is 0.202 e. The van der Waals surface area contributed by atoms with Gasteiger partial charge in [-0.15, -0.1) is 0 Å². The van der Waals surface area contributed by atoms with Gasteiger partial charge in [-0.2, -0.15) is 0 Å². The van der Waals surface area contributed by atoms with Gasteiger partial charge in [0.1, 0.15) is 5.82 Å². The number of Topliss-reactive ketones (excluding diaryl/α,β-unsaturated/α-hetero) is 1. The summed E-state index contributed by atoms with van der Waals surface area (Å²) in [5.74, 6) is -1.31. The first-order valence-corrected chi connectivity index (χ1v) is 6.10. The van der Waals surface area contributed by atoms with Gasteiger partial charge < -0.3 is 4.42 Å². The Labute approximate surface area is 113 Å². The van der Waals surface area contributed by atoms with Gasteiger partial charge in [0.25, 0.3) is 0 Å². The summed E-state index contributed by atoms with van der Waals surface area (Å²) in [5.41, 5.74) is 0.336. The van der Waals surface area contributed by atoms with Gasteiger partial charge in [0.2, 0.25) is 5.78 Å². The van der Waals surface area contributed by atoms with Crippen LogP contribution in [0.25, 0.3) is 11.0 Å². The van der Waals surface area contributed by atoms with Gasteiger partial charge in [-0.05, 0) is 23.8 Å². The second kappa shape index (κ2) is 4.89. The normalized spacial score (nSPS) is 10.9. The van der Waals surface area contributed by atoms with Crippen molar-refractivity contribution in [3.63, 3.8) is 0 Å². The Hall–Kier alpha value is -2.49. The van der Waals surface area contributed by atoms with Crippen molar-refractivity contribution in [2.24, 2.45) is 0 Å². The van der Waals surface area contributed by atoms with Crippen LogP contribution in [0, 0.1) is 11.6 Å². The van der Waals surface area contributed by atoms with Crippen LogP contribution in [0.4, 0.5) is 8.78 Å². The van der Waals surface area contributed by atoms with Gasteiger partial charge in [-0.1, -0.05) is 30.3 Å². The molecular formula is C16H10F2O2. The number of fused-ring (bicyclic) bond motifs is 1. The molecule has 0 saturated heterocycles. The van der Waals surface area contributed by atoms with E-state index >= 15 is 0 Å². The Balaban J connectivity index is 1.93. The molecule has 0 N–H and O–H groups in total. The zero-order valence-electron chi connectivity index (χ0n) is 10.4. The number of hydrogen-bond donors (Lipinski definition) is 0. The number of benzene rings is 2. The highest BCUT2D eigenvalue weighted by atomic mass is 19.1. The summed E-state index contributed by atoms with van der Waals surface area (Å²) in [7, 11) is 0. The summed E-state index contributed by atoms with van der Waals surface area (Å²) in [5, 5.41) is 0.516. The van der Waals surface area contributed by atoms with Gasteiger partial charge in [0.05, 0.1) is 0 Å². The van der Waals surface area contributed by atoms with E-state index < -0.39 is 11.6 Å². The largest absolute Gasteiger partial charge is 0.450 e. The molecule has 0 spiro atoms. The zero-order valence-corrected chi connectivity index (χ0v) is 10.4. The molecule has 0 unspecified atom stereocenters. The average molecular weight is 272 g/mol. The van der Waals surface area contributed by atoms with Crippen molar-refractivity contribution in [1.29, 1.82) is 0 Å². The summed E-state index contributed by atoms with van der Waals surface area (Å²) in [6, 6.07) is 12.0. The van der Waals surface area contributed by atoms with E-state index in [1.54, 1.807) is 18.2 Å². The molecule has 1 heterocycles. The maximum absolute atomic E-state index is 13.5. The molecule has 2 aromatic carbocycles. The molecule has 1 aromatic heterocycles. The number of carbonyl (C=O) groups is 1. The quantitative estimate of drug-likeness (QED) is 0.671. The molecule has 20 heavy (non-hydrogen) atoms. The molecule has 0 radical (unpaired) electrons. The van der Waals surface area contributed by atoms with E-state index in [2.05, 4.69) is 0 Å². The fourth-order valence-electron chi connectivity index (χ4n) is 2.07. The second-order valence-electron chi connectivity index (χ2n) is 4.46. The third-order valence-corrected chi connectivity index (χ3v) is 3.08. The van der Waals surface area contributed by atoms with Crippen LogP contribution in [-0.2, 0) is 6.42 Å². The third kappa shape index (κ3) is 2.20. The number of carbonyl (C=O) groups excluding carboxylic acids is 1. The summed E-state index contributed by atoms with van der Waals surface area (Å²) in [6.07, 6.45) is -0.117. The fraction of sp³-hybridized carbons (Fsp3) is 0.0625. The van der Waals surface area contributed by atoms with Crippen molar-refractivity contribution in [1.82, 2.24) is 0 Å². The van der Waals surface area contributed by atoms with Crippen LogP contribution in [0.5, 0.6) is 0 Å². The number of para-hydroxylation sites is 1. The number of furan rings is 1. The number of hydrogen-bond acceptors (Lipinski definition) is 2. The standard InChI is InChI=1S/C16H10F2O2/c17-12-6-2-1-4-10(12)8-14(19)15-9-11-5-3-7-13(18)16(11)20-15/h1-7,9H,8H2. The first-order valence-electron chi connectivity index (χ1n) is 6.10. The van der Waals surface area contributed by atoms with Gasteiger partial charge >= 0.3 is 0 Å². The molecule has 2 nitrogen and oxygen atoms in total. The summed E-state index contributed by atoms with van der Waals surface area (Å²) < 4.78 is 32.2. The van der Waals surface area contributed by atoms with Crippen LogP contribution < -0.4 is 0 Å². The van der Waals surface area contributed by atoms with E-state index in [-0.39, 0.29) is 23.5 Å². The van der Waals surface area contributed by atoms with Crippen molar-refractivity contribution >= 4 is 16.8 Å². The first-order chi connectivity index (χ1) is 9.65. The molecule has 0 atom stereocenters. The summed E-state index contributed by atoms with van der Waals surface area (Å²) >= 11 is 0. The Morgan fingerprint density at radius 3 is 2.50 bits per heavy atom. The zero-order chi connectivity index (χ0) is 14.1. The Bertz CT molecular complexity index is 790. The predicted octanol–water partition coefficient (Wildman–Crippen LogP) is 4.14. The molecule has 0 aliphatic heterocycles. The van der Waals surface area contributed by atoms with Gasteiger partial charge in [0.15, 0.2) is 17.2 Å². The van der Waals surface area contributed by atoms with E-state index in [9.17, 15) is 13.6 Å². The Morgan fingerprint density at radius 2 is 1.75 bits per heavy atom. The lowest BCUT2D eigenvalue weighted by Gasteiger charge is -2.00. The minimum atomic E-state index is -0.521. The summed E-state index contributed by atoms with van der Waals surface area (Å²) in [4.78, 5) is 12.1. The lowest BCUT2D eigenvalue weighted by Crippen LogP contribution is -2.03. The molecule has 100 valence electrons. The highest BCUT2D eigenvalue weighted by Gasteiger charge is 2.16. The maximum atomic E-state index is 13.5. The lowest BCUT2D eigenvalue weighted by atomic mass is 10.1. The summed E-state index contributed by atoms with van der Waals surface area (Å²) in [6.45, 7) is 0. The van der Waals surface area contributed by atoms with Gasteiger partial charge in [-0.25, -0.2) is 8.78 Å². The van der Waals surface area contributed by atoms with Crippen molar-refractivity contribution in [2.45, 2.75) is 6.42 Å².